The Morgan fingerprint density at radius 2 is 2.11 bits per heavy atom. The number of esters is 1. The molecule has 2 rings (SSSR count). The first-order valence-corrected chi connectivity index (χ1v) is 10.6. The molecule has 0 aromatic heterocycles. The molecular weight excluding hydrogens is 419 g/mol. The molecule has 1 aromatic carbocycles. The second kappa shape index (κ2) is 10.2. The minimum absolute atomic E-state index is 0.132. The fraction of sp³-hybridized carbons (Fsp3) is 0.400. The van der Waals surface area contributed by atoms with Crippen molar-refractivity contribution in [1.29, 1.82) is 0 Å². The molecule has 1 aliphatic heterocycles. The molecule has 0 radical (unpaired) electrons. The number of benzene rings is 1. The van der Waals surface area contributed by atoms with Crippen LogP contribution >= 0.6 is 35.0 Å². The number of halogens is 2. The molecule has 28 heavy (non-hydrogen) atoms. The van der Waals surface area contributed by atoms with E-state index in [0.717, 1.165) is 11.1 Å². The summed E-state index contributed by atoms with van der Waals surface area (Å²) < 4.78 is 4.93. The van der Waals surface area contributed by atoms with E-state index in [1.54, 1.807) is 12.2 Å². The van der Waals surface area contributed by atoms with Gasteiger partial charge in [-0.05, 0) is 46.4 Å². The van der Waals surface area contributed by atoms with E-state index in [4.69, 9.17) is 27.9 Å². The topological polar surface area (TPSA) is 68.1 Å². The Bertz CT molecular complexity index is 829. The number of alkyl halides is 1. The summed E-state index contributed by atoms with van der Waals surface area (Å²) in [5.41, 5.74) is 2.70. The summed E-state index contributed by atoms with van der Waals surface area (Å²) in [5, 5.41) is 7.38. The molecule has 0 aliphatic carbocycles. The Morgan fingerprint density at radius 1 is 1.36 bits per heavy atom. The van der Waals surface area contributed by atoms with Gasteiger partial charge < -0.3 is 4.74 Å². The number of hydrogen-bond donors (Lipinski definition) is 0. The lowest BCUT2D eigenvalue weighted by Gasteiger charge is -2.24. The van der Waals surface area contributed by atoms with Gasteiger partial charge in [0.05, 0.1) is 5.88 Å². The maximum absolute atomic E-state index is 11.9. The van der Waals surface area contributed by atoms with E-state index < -0.39 is 5.97 Å². The summed E-state index contributed by atoms with van der Waals surface area (Å²) >= 11 is 13.4. The molecule has 1 heterocycles. The van der Waals surface area contributed by atoms with Gasteiger partial charge in [-0.25, -0.2) is 4.79 Å². The van der Waals surface area contributed by atoms with E-state index in [9.17, 15) is 9.59 Å². The normalized spacial score (nSPS) is 16.8. The summed E-state index contributed by atoms with van der Waals surface area (Å²) in [4.78, 5) is 23.5. The van der Waals surface area contributed by atoms with Crippen molar-refractivity contribution in [1.82, 2.24) is 0 Å². The highest BCUT2D eigenvalue weighted by Crippen LogP contribution is 2.34. The molecule has 0 saturated heterocycles. The van der Waals surface area contributed by atoms with Crippen molar-refractivity contribution < 1.29 is 14.3 Å². The van der Waals surface area contributed by atoms with Crippen molar-refractivity contribution in [3.8, 4) is 0 Å². The van der Waals surface area contributed by atoms with Crippen LogP contribution in [0.1, 0.15) is 37.5 Å². The lowest BCUT2D eigenvalue weighted by molar-refractivity contribution is -0.137. The van der Waals surface area contributed by atoms with Crippen molar-refractivity contribution in [2.75, 3.05) is 12.5 Å². The number of hydrogen-bond acceptors (Lipinski definition) is 5. The number of carbonyl (C=O) groups excluding carboxylic acids is 2. The van der Waals surface area contributed by atoms with Crippen LogP contribution in [0.15, 0.2) is 40.7 Å². The molecule has 1 amide bonds. The molecule has 0 saturated carbocycles. The molecule has 150 valence electrons. The fourth-order valence-electron chi connectivity index (χ4n) is 2.58. The first kappa shape index (κ1) is 22.7. The Labute approximate surface area is 179 Å². The standard InChI is InChI=1S/C20H22Cl2N2O3S/c1-20(2,3)15-11-16(22)13(4-5-18(25)27-9-7-21)10-14(15)12-28-17-6-8-23-24-19(17)26/h4-6,8,10-11,17H,7,9,12H2,1-3H3/b5-4+. The van der Waals surface area contributed by atoms with Crippen LogP contribution in [0.3, 0.4) is 0 Å². The van der Waals surface area contributed by atoms with Gasteiger partial charge in [-0.2, -0.15) is 5.11 Å². The van der Waals surface area contributed by atoms with Crippen molar-refractivity contribution in [3.63, 3.8) is 0 Å². The number of nitrogens with zero attached hydrogens (tertiary/aromatic N) is 2. The monoisotopic (exact) mass is 440 g/mol. The molecule has 0 bridgehead atoms. The van der Waals surface area contributed by atoms with E-state index in [-0.39, 0.29) is 29.1 Å². The predicted octanol–water partition coefficient (Wildman–Crippen LogP) is 5.54. The molecule has 8 heteroatoms. The van der Waals surface area contributed by atoms with E-state index in [2.05, 4.69) is 31.0 Å². The highest BCUT2D eigenvalue weighted by molar-refractivity contribution is 8.00. The SMILES string of the molecule is CC(C)(C)c1cc(Cl)c(/C=C/C(=O)OCCCl)cc1CSC1C=CN=NC1=O. The Kier molecular flexibility index (Phi) is 8.28. The van der Waals surface area contributed by atoms with Crippen LogP contribution in [-0.4, -0.2) is 29.6 Å². The maximum atomic E-state index is 11.9. The van der Waals surface area contributed by atoms with E-state index in [1.165, 1.54) is 24.0 Å². The molecule has 0 N–H and O–H groups in total. The minimum Gasteiger partial charge on any atom is -0.461 e. The lowest BCUT2D eigenvalue weighted by atomic mass is 9.83. The van der Waals surface area contributed by atoms with Crippen molar-refractivity contribution >= 4 is 52.9 Å². The first-order valence-electron chi connectivity index (χ1n) is 8.69. The average molecular weight is 441 g/mol. The van der Waals surface area contributed by atoms with Crippen LogP contribution in [0, 0.1) is 0 Å². The summed E-state index contributed by atoms with van der Waals surface area (Å²) in [7, 11) is 0. The lowest BCUT2D eigenvalue weighted by Crippen LogP contribution is -2.17. The minimum atomic E-state index is -0.476. The third-order valence-electron chi connectivity index (χ3n) is 3.90. The van der Waals surface area contributed by atoms with Gasteiger partial charge in [-0.1, -0.05) is 32.4 Å². The predicted molar refractivity (Wildman–Crippen MR) is 115 cm³/mol. The average Bonchev–Trinajstić information content (AvgIpc) is 2.64. The Morgan fingerprint density at radius 3 is 2.75 bits per heavy atom. The van der Waals surface area contributed by atoms with E-state index in [1.807, 2.05) is 12.1 Å². The van der Waals surface area contributed by atoms with Crippen molar-refractivity contribution in [3.05, 3.63) is 52.2 Å². The zero-order valence-corrected chi connectivity index (χ0v) is 18.3. The third kappa shape index (κ3) is 6.47. The number of amides is 1. The molecule has 0 spiro atoms. The largest absolute Gasteiger partial charge is 0.461 e. The van der Waals surface area contributed by atoms with Crippen LogP contribution in [0.4, 0.5) is 0 Å². The molecule has 1 aliphatic rings. The molecule has 1 unspecified atom stereocenters. The highest BCUT2D eigenvalue weighted by atomic mass is 35.5. The number of carbonyl (C=O) groups is 2. The van der Waals surface area contributed by atoms with Gasteiger partial charge in [0.1, 0.15) is 11.9 Å². The van der Waals surface area contributed by atoms with E-state index in [0.29, 0.717) is 16.3 Å². The van der Waals surface area contributed by atoms with Crippen LogP contribution in [-0.2, 0) is 25.5 Å². The highest BCUT2D eigenvalue weighted by Gasteiger charge is 2.23. The van der Waals surface area contributed by atoms with Gasteiger partial charge in [0.2, 0.25) is 0 Å². The quantitative estimate of drug-likeness (QED) is 0.317. The van der Waals surface area contributed by atoms with Gasteiger partial charge in [-0.15, -0.1) is 28.5 Å². The fourth-order valence-corrected chi connectivity index (χ4v) is 3.85. The number of azo groups is 1. The molecule has 5 nitrogen and oxygen atoms in total. The van der Waals surface area contributed by atoms with E-state index >= 15 is 0 Å². The zero-order valence-electron chi connectivity index (χ0n) is 15.9. The maximum Gasteiger partial charge on any atom is 0.330 e. The van der Waals surface area contributed by atoms with Crippen LogP contribution in [0.5, 0.6) is 0 Å². The van der Waals surface area contributed by atoms with Crippen molar-refractivity contribution in [2.45, 2.75) is 37.2 Å². The van der Waals surface area contributed by atoms with Gasteiger partial charge in [0, 0.05) is 23.1 Å². The van der Waals surface area contributed by atoms with Crippen LogP contribution in [0.2, 0.25) is 5.02 Å². The Balaban J connectivity index is 2.26. The van der Waals surface area contributed by atoms with Gasteiger partial charge in [0.25, 0.3) is 5.91 Å². The van der Waals surface area contributed by atoms with Crippen LogP contribution < -0.4 is 0 Å². The summed E-state index contributed by atoms with van der Waals surface area (Å²) in [6, 6.07) is 3.86. The van der Waals surface area contributed by atoms with Crippen molar-refractivity contribution in [2.24, 2.45) is 10.2 Å². The summed E-state index contributed by atoms with van der Waals surface area (Å²) in [6.45, 7) is 6.47. The summed E-state index contributed by atoms with van der Waals surface area (Å²) in [6.07, 6.45) is 6.22. The third-order valence-corrected chi connectivity index (χ3v) is 5.57. The number of ether oxygens (including phenoxy) is 1. The molecule has 1 atom stereocenters. The first-order chi connectivity index (χ1) is 13.2. The van der Waals surface area contributed by atoms with Gasteiger partial charge in [0.15, 0.2) is 0 Å². The smallest absolute Gasteiger partial charge is 0.330 e. The Hall–Kier alpha value is -1.63. The summed E-state index contributed by atoms with van der Waals surface area (Å²) in [5.74, 6) is 0.102. The van der Waals surface area contributed by atoms with Gasteiger partial charge >= 0.3 is 5.97 Å². The molecular formula is C20H22Cl2N2O3S. The number of rotatable bonds is 7. The zero-order chi connectivity index (χ0) is 20.7. The van der Waals surface area contributed by atoms with Gasteiger partial charge in [-0.3, -0.25) is 4.79 Å². The van der Waals surface area contributed by atoms with Crippen LogP contribution in [0.25, 0.3) is 6.08 Å². The number of thioether (sulfide) groups is 1. The molecule has 1 aromatic rings. The second-order valence-electron chi connectivity index (χ2n) is 7.10. The molecule has 0 fully saturated rings. The second-order valence-corrected chi connectivity index (χ2v) is 9.01.